The molecule has 0 spiro atoms. The Hall–Kier alpha value is -0.960. The maximum Gasteiger partial charge on any atom is 0.251 e. The van der Waals surface area contributed by atoms with Crippen LogP contribution in [0.15, 0.2) is 29.2 Å². The molecular formula is C16H31NOS. The fraction of sp³-hybridized carbons (Fsp3) is 0.562. The van der Waals surface area contributed by atoms with E-state index >= 15 is 0 Å². The van der Waals surface area contributed by atoms with Gasteiger partial charge in [-0.1, -0.05) is 48.5 Å². The fourth-order valence-corrected chi connectivity index (χ4v) is 1.10. The molecule has 2 nitrogen and oxygen atoms in total. The topological polar surface area (TPSA) is 29.1 Å². The first-order chi connectivity index (χ1) is 9.24. The van der Waals surface area contributed by atoms with E-state index in [-0.39, 0.29) is 5.91 Å². The molecular weight excluding hydrogens is 254 g/mol. The van der Waals surface area contributed by atoms with E-state index in [1.165, 1.54) is 0 Å². The quantitative estimate of drug-likeness (QED) is 0.735. The maximum atomic E-state index is 11.4. The Bertz CT molecular complexity index is 283. The largest absolute Gasteiger partial charge is 0.352 e. The molecule has 112 valence electrons. The predicted molar refractivity (Wildman–Crippen MR) is 90.4 cm³/mol. The molecule has 0 aliphatic rings. The second-order valence-electron chi connectivity index (χ2n) is 2.80. The zero-order valence-electron chi connectivity index (χ0n) is 13.6. The summed E-state index contributed by atoms with van der Waals surface area (Å²) in [5.74, 6) is -0.0183. The minimum absolute atomic E-state index is 0.0183. The minimum atomic E-state index is -0.0183. The molecule has 0 fully saturated rings. The van der Waals surface area contributed by atoms with Gasteiger partial charge in [0.1, 0.15) is 0 Å². The van der Waals surface area contributed by atoms with Crippen molar-refractivity contribution in [1.29, 1.82) is 0 Å². The standard InChI is InChI=1S/C10H13NOS.3C2H6/c1-2-7-11-10(12)8-3-5-9(13)6-4-8;3*1-2/h3-6,13H,2,7H2,1H3,(H,11,12);3*1-2H3. The molecule has 0 unspecified atom stereocenters. The minimum Gasteiger partial charge on any atom is -0.352 e. The second-order valence-corrected chi connectivity index (χ2v) is 3.32. The average molecular weight is 285 g/mol. The molecule has 0 saturated heterocycles. The molecule has 0 bridgehead atoms. The number of hydrogen-bond donors (Lipinski definition) is 2. The monoisotopic (exact) mass is 285 g/mol. The third-order valence-corrected chi connectivity index (χ3v) is 1.96. The van der Waals surface area contributed by atoms with E-state index in [1.54, 1.807) is 12.1 Å². The molecule has 1 rings (SSSR count). The molecule has 0 aliphatic heterocycles. The lowest BCUT2D eigenvalue weighted by Crippen LogP contribution is -2.23. The van der Waals surface area contributed by atoms with Crippen LogP contribution >= 0.6 is 12.6 Å². The molecule has 1 aromatic carbocycles. The fourth-order valence-electron chi connectivity index (χ4n) is 0.953. The maximum absolute atomic E-state index is 11.4. The highest BCUT2D eigenvalue weighted by molar-refractivity contribution is 7.80. The molecule has 0 aromatic heterocycles. The lowest BCUT2D eigenvalue weighted by molar-refractivity contribution is 0.0953. The first kappa shape index (κ1) is 23.2. The summed E-state index contributed by atoms with van der Waals surface area (Å²) in [6.07, 6.45) is 0.955. The Balaban J connectivity index is -0.000000375. The van der Waals surface area contributed by atoms with E-state index in [0.29, 0.717) is 5.56 Å². The van der Waals surface area contributed by atoms with Crippen LogP contribution in [0.2, 0.25) is 0 Å². The molecule has 0 heterocycles. The van der Waals surface area contributed by atoms with Crippen molar-refractivity contribution in [2.45, 2.75) is 59.8 Å². The van der Waals surface area contributed by atoms with Gasteiger partial charge in [0, 0.05) is 17.0 Å². The van der Waals surface area contributed by atoms with Crippen molar-refractivity contribution in [3.63, 3.8) is 0 Å². The Morgan fingerprint density at radius 3 is 1.79 bits per heavy atom. The van der Waals surface area contributed by atoms with Gasteiger partial charge in [-0.15, -0.1) is 12.6 Å². The van der Waals surface area contributed by atoms with E-state index in [1.807, 2.05) is 60.6 Å². The van der Waals surface area contributed by atoms with Gasteiger partial charge in [-0.3, -0.25) is 4.79 Å². The van der Waals surface area contributed by atoms with Crippen LogP contribution in [0.1, 0.15) is 65.2 Å². The number of rotatable bonds is 3. The summed E-state index contributed by atoms with van der Waals surface area (Å²) in [7, 11) is 0. The highest BCUT2D eigenvalue weighted by Crippen LogP contribution is 2.07. The smallest absolute Gasteiger partial charge is 0.251 e. The van der Waals surface area contributed by atoms with Crippen LogP contribution in [0, 0.1) is 0 Å². The number of amides is 1. The Kier molecular flexibility index (Phi) is 23.6. The summed E-state index contributed by atoms with van der Waals surface area (Å²) in [6.45, 7) is 14.7. The van der Waals surface area contributed by atoms with Crippen LogP contribution in [-0.4, -0.2) is 12.5 Å². The van der Waals surface area contributed by atoms with E-state index in [0.717, 1.165) is 17.9 Å². The zero-order chi connectivity index (χ0) is 15.7. The lowest BCUT2D eigenvalue weighted by Gasteiger charge is -2.02. The number of hydrogen-bond acceptors (Lipinski definition) is 2. The van der Waals surface area contributed by atoms with Crippen LogP contribution in [0.25, 0.3) is 0 Å². The van der Waals surface area contributed by atoms with Crippen molar-refractivity contribution >= 4 is 18.5 Å². The molecule has 1 aromatic rings. The Labute approximate surface area is 125 Å². The van der Waals surface area contributed by atoms with Crippen molar-refractivity contribution in [2.75, 3.05) is 6.54 Å². The third-order valence-electron chi connectivity index (χ3n) is 1.67. The highest BCUT2D eigenvalue weighted by Gasteiger charge is 2.02. The molecule has 3 heteroatoms. The highest BCUT2D eigenvalue weighted by atomic mass is 32.1. The van der Waals surface area contributed by atoms with E-state index < -0.39 is 0 Å². The summed E-state index contributed by atoms with van der Waals surface area (Å²) in [4.78, 5) is 12.2. The molecule has 0 saturated carbocycles. The van der Waals surface area contributed by atoms with Gasteiger partial charge in [0.2, 0.25) is 0 Å². The predicted octanol–water partition coefficient (Wildman–Crippen LogP) is 5.19. The first-order valence-electron chi connectivity index (χ1n) is 7.31. The van der Waals surface area contributed by atoms with Crippen LogP contribution in [-0.2, 0) is 0 Å². The summed E-state index contributed by atoms with van der Waals surface area (Å²) in [5, 5.41) is 2.80. The summed E-state index contributed by atoms with van der Waals surface area (Å²) in [5.41, 5.74) is 0.686. The molecule has 1 N–H and O–H groups in total. The van der Waals surface area contributed by atoms with Crippen LogP contribution in [0.3, 0.4) is 0 Å². The number of benzene rings is 1. The molecule has 19 heavy (non-hydrogen) atoms. The van der Waals surface area contributed by atoms with Gasteiger partial charge in [-0.25, -0.2) is 0 Å². The summed E-state index contributed by atoms with van der Waals surface area (Å²) >= 11 is 4.14. The first-order valence-corrected chi connectivity index (χ1v) is 7.76. The molecule has 1 amide bonds. The van der Waals surface area contributed by atoms with Crippen LogP contribution in [0.4, 0.5) is 0 Å². The van der Waals surface area contributed by atoms with Gasteiger partial charge in [-0.05, 0) is 30.7 Å². The number of thiol groups is 1. The number of nitrogens with one attached hydrogen (secondary N) is 1. The van der Waals surface area contributed by atoms with Gasteiger partial charge < -0.3 is 5.32 Å². The van der Waals surface area contributed by atoms with Gasteiger partial charge in [0.25, 0.3) is 5.91 Å². The van der Waals surface area contributed by atoms with Gasteiger partial charge in [0.15, 0.2) is 0 Å². The number of carbonyl (C=O) groups is 1. The van der Waals surface area contributed by atoms with Crippen molar-refractivity contribution in [3.8, 4) is 0 Å². The van der Waals surface area contributed by atoms with Gasteiger partial charge in [-0.2, -0.15) is 0 Å². The lowest BCUT2D eigenvalue weighted by atomic mass is 10.2. The van der Waals surface area contributed by atoms with Crippen molar-refractivity contribution in [3.05, 3.63) is 29.8 Å². The van der Waals surface area contributed by atoms with Crippen LogP contribution in [0.5, 0.6) is 0 Å². The SMILES string of the molecule is CC.CC.CC.CCCNC(=O)c1ccc(S)cc1. The van der Waals surface area contributed by atoms with Crippen molar-refractivity contribution in [2.24, 2.45) is 0 Å². The third kappa shape index (κ3) is 13.3. The van der Waals surface area contributed by atoms with Gasteiger partial charge in [0.05, 0.1) is 0 Å². The summed E-state index contributed by atoms with van der Waals surface area (Å²) < 4.78 is 0. The Morgan fingerprint density at radius 1 is 1.00 bits per heavy atom. The summed E-state index contributed by atoms with van der Waals surface area (Å²) in [6, 6.07) is 7.16. The Morgan fingerprint density at radius 2 is 1.42 bits per heavy atom. The van der Waals surface area contributed by atoms with Crippen LogP contribution < -0.4 is 5.32 Å². The average Bonchev–Trinajstić information content (AvgIpc) is 2.51. The molecule has 0 radical (unpaired) electrons. The molecule has 0 atom stereocenters. The zero-order valence-corrected chi connectivity index (χ0v) is 14.5. The van der Waals surface area contributed by atoms with Gasteiger partial charge >= 0.3 is 0 Å². The second kappa shape index (κ2) is 19.4. The van der Waals surface area contributed by atoms with E-state index in [4.69, 9.17) is 0 Å². The van der Waals surface area contributed by atoms with E-state index in [2.05, 4.69) is 17.9 Å². The molecule has 0 aliphatic carbocycles. The normalized spacial score (nSPS) is 7.58. The number of carbonyl (C=O) groups excluding carboxylic acids is 1. The van der Waals surface area contributed by atoms with Crippen molar-refractivity contribution < 1.29 is 4.79 Å². The van der Waals surface area contributed by atoms with Crippen molar-refractivity contribution in [1.82, 2.24) is 5.32 Å². The van der Waals surface area contributed by atoms with E-state index in [9.17, 15) is 4.79 Å².